The lowest BCUT2D eigenvalue weighted by Crippen LogP contribution is -2.31. The Labute approximate surface area is 148 Å². The molecule has 0 radical (unpaired) electrons. The first-order valence-electron chi connectivity index (χ1n) is 7.76. The molecule has 24 heavy (non-hydrogen) atoms. The number of halogens is 1. The van der Waals surface area contributed by atoms with Crippen LogP contribution in [0.3, 0.4) is 0 Å². The minimum Gasteiger partial charge on any atom is -0.467 e. The molecule has 3 aromatic rings. The molecule has 1 unspecified atom stereocenters. The van der Waals surface area contributed by atoms with Gasteiger partial charge in [0.05, 0.1) is 6.26 Å². The van der Waals surface area contributed by atoms with E-state index in [9.17, 15) is 4.79 Å². The highest BCUT2D eigenvalue weighted by Gasteiger charge is 2.18. The predicted molar refractivity (Wildman–Crippen MR) is 94.5 cm³/mol. The van der Waals surface area contributed by atoms with Crippen molar-refractivity contribution in [2.75, 3.05) is 6.54 Å². The summed E-state index contributed by atoms with van der Waals surface area (Å²) in [7, 11) is 0. The van der Waals surface area contributed by atoms with Crippen LogP contribution in [0.4, 0.5) is 0 Å². The van der Waals surface area contributed by atoms with E-state index in [1.165, 1.54) is 0 Å². The normalized spacial score (nSPS) is 12.0. The second kappa shape index (κ2) is 7.97. The Morgan fingerprint density at radius 1 is 1.25 bits per heavy atom. The van der Waals surface area contributed by atoms with E-state index >= 15 is 0 Å². The Morgan fingerprint density at radius 2 is 2.12 bits per heavy atom. The van der Waals surface area contributed by atoms with Crippen molar-refractivity contribution in [3.05, 3.63) is 76.9 Å². The molecule has 124 valence electrons. The van der Waals surface area contributed by atoms with Crippen molar-refractivity contribution in [2.24, 2.45) is 0 Å². The van der Waals surface area contributed by atoms with Crippen LogP contribution in [0.2, 0.25) is 0 Å². The number of nitrogens with one attached hydrogen (secondary N) is 1. The van der Waals surface area contributed by atoms with Crippen molar-refractivity contribution in [1.29, 1.82) is 0 Å². The summed E-state index contributed by atoms with van der Waals surface area (Å²) in [4.78, 5) is 12.2. The monoisotopic (exact) mass is 387 g/mol. The Kier molecular flexibility index (Phi) is 5.48. The Bertz CT molecular complexity index is 735. The number of hydrogen-bond donors (Lipinski definition) is 1. The van der Waals surface area contributed by atoms with E-state index in [0.29, 0.717) is 19.4 Å². The number of carbonyl (C=O) groups is 1. The fraction of sp³-hybridized carbons (Fsp3) is 0.222. The van der Waals surface area contributed by atoms with E-state index < -0.39 is 0 Å². The van der Waals surface area contributed by atoms with Gasteiger partial charge in [-0.3, -0.25) is 9.48 Å². The standard InChI is InChI=1S/C18H18BrN3O2/c19-15-6-2-1-5-14(15)8-9-18(23)20-13-16(17-7-3-12-24-17)22-11-4-10-21-22/h1-7,10-12,16H,8-9,13H2,(H,20,23). The van der Waals surface area contributed by atoms with Gasteiger partial charge in [0.2, 0.25) is 5.91 Å². The lowest BCUT2D eigenvalue weighted by molar-refractivity contribution is -0.121. The number of nitrogens with zero attached hydrogens (tertiary/aromatic N) is 2. The molecular weight excluding hydrogens is 370 g/mol. The molecule has 1 aromatic carbocycles. The molecule has 5 nitrogen and oxygen atoms in total. The third-order valence-electron chi connectivity index (χ3n) is 3.79. The Balaban J connectivity index is 1.57. The maximum Gasteiger partial charge on any atom is 0.220 e. The van der Waals surface area contributed by atoms with Crippen LogP contribution in [0.15, 0.2) is 70.0 Å². The molecule has 2 aromatic heterocycles. The van der Waals surface area contributed by atoms with Crippen molar-refractivity contribution < 1.29 is 9.21 Å². The fourth-order valence-corrected chi connectivity index (χ4v) is 3.00. The van der Waals surface area contributed by atoms with E-state index in [1.54, 1.807) is 17.1 Å². The molecule has 0 aliphatic heterocycles. The van der Waals surface area contributed by atoms with Crippen molar-refractivity contribution in [1.82, 2.24) is 15.1 Å². The molecule has 3 rings (SSSR count). The third-order valence-corrected chi connectivity index (χ3v) is 4.56. The van der Waals surface area contributed by atoms with Gasteiger partial charge in [0.25, 0.3) is 0 Å². The predicted octanol–water partition coefficient (Wildman–Crippen LogP) is 3.58. The van der Waals surface area contributed by atoms with Gasteiger partial charge < -0.3 is 9.73 Å². The van der Waals surface area contributed by atoms with Crippen LogP contribution in [0.1, 0.15) is 23.8 Å². The fourth-order valence-electron chi connectivity index (χ4n) is 2.52. The van der Waals surface area contributed by atoms with E-state index in [2.05, 4.69) is 26.3 Å². The van der Waals surface area contributed by atoms with Gasteiger partial charge in [-0.25, -0.2) is 0 Å². The van der Waals surface area contributed by atoms with Crippen molar-refractivity contribution in [3.63, 3.8) is 0 Å². The summed E-state index contributed by atoms with van der Waals surface area (Å²) >= 11 is 3.51. The molecule has 0 spiro atoms. The lowest BCUT2D eigenvalue weighted by Gasteiger charge is -2.16. The highest BCUT2D eigenvalue weighted by Crippen LogP contribution is 2.18. The van der Waals surface area contributed by atoms with Crippen LogP contribution >= 0.6 is 15.9 Å². The molecule has 0 saturated heterocycles. The number of aromatic nitrogens is 2. The molecule has 0 bridgehead atoms. The van der Waals surface area contributed by atoms with Crippen molar-refractivity contribution >= 4 is 21.8 Å². The van der Waals surface area contributed by atoms with E-state index in [0.717, 1.165) is 15.8 Å². The van der Waals surface area contributed by atoms with Gasteiger partial charge in [-0.15, -0.1) is 0 Å². The van der Waals surface area contributed by atoms with Crippen LogP contribution < -0.4 is 5.32 Å². The molecule has 0 saturated carbocycles. The number of aryl methyl sites for hydroxylation is 1. The third kappa shape index (κ3) is 4.14. The van der Waals surface area contributed by atoms with E-state index in [4.69, 9.17) is 4.42 Å². The summed E-state index contributed by atoms with van der Waals surface area (Å²) in [6.07, 6.45) is 6.33. The van der Waals surface area contributed by atoms with Crippen molar-refractivity contribution in [2.45, 2.75) is 18.9 Å². The lowest BCUT2D eigenvalue weighted by atomic mass is 10.1. The zero-order valence-electron chi connectivity index (χ0n) is 13.1. The van der Waals surface area contributed by atoms with Crippen LogP contribution in [0, 0.1) is 0 Å². The molecule has 0 aliphatic rings. The number of hydrogen-bond acceptors (Lipinski definition) is 3. The maximum absolute atomic E-state index is 12.2. The topological polar surface area (TPSA) is 60.1 Å². The molecule has 6 heteroatoms. The number of benzene rings is 1. The van der Waals surface area contributed by atoms with Gasteiger partial charge in [0.15, 0.2) is 0 Å². The maximum atomic E-state index is 12.2. The van der Waals surface area contributed by atoms with Crippen molar-refractivity contribution in [3.8, 4) is 0 Å². The van der Waals surface area contributed by atoms with Gasteiger partial charge in [0, 0.05) is 29.8 Å². The molecule has 1 N–H and O–H groups in total. The second-order valence-electron chi connectivity index (χ2n) is 5.41. The average molecular weight is 388 g/mol. The quantitative estimate of drug-likeness (QED) is 0.673. The van der Waals surface area contributed by atoms with E-state index in [-0.39, 0.29) is 11.9 Å². The van der Waals surface area contributed by atoms with Gasteiger partial charge in [-0.05, 0) is 36.2 Å². The largest absolute Gasteiger partial charge is 0.467 e. The molecule has 2 heterocycles. The minimum absolute atomic E-state index is 0.00876. The number of rotatable bonds is 7. The summed E-state index contributed by atoms with van der Waals surface area (Å²) in [5.41, 5.74) is 1.13. The summed E-state index contributed by atoms with van der Waals surface area (Å²) in [5.74, 6) is 0.777. The van der Waals surface area contributed by atoms with Gasteiger partial charge in [0.1, 0.15) is 11.8 Å². The minimum atomic E-state index is -0.151. The Hall–Kier alpha value is -2.34. The highest BCUT2D eigenvalue weighted by atomic mass is 79.9. The number of furan rings is 1. The zero-order chi connectivity index (χ0) is 16.8. The SMILES string of the molecule is O=C(CCc1ccccc1Br)NCC(c1ccco1)n1cccn1. The molecule has 1 atom stereocenters. The van der Waals surface area contributed by atoms with E-state index in [1.807, 2.05) is 48.7 Å². The Morgan fingerprint density at radius 3 is 2.83 bits per heavy atom. The average Bonchev–Trinajstić information content (AvgIpc) is 3.28. The van der Waals surface area contributed by atoms with Crippen LogP contribution in [0.25, 0.3) is 0 Å². The van der Waals surface area contributed by atoms with Crippen LogP contribution in [0.5, 0.6) is 0 Å². The molecule has 1 amide bonds. The first kappa shape index (κ1) is 16.5. The summed E-state index contributed by atoms with van der Waals surface area (Å²) in [6.45, 7) is 0.435. The zero-order valence-corrected chi connectivity index (χ0v) is 14.6. The summed E-state index contributed by atoms with van der Waals surface area (Å²) < 4.78 is 8.29. The first-order valence-corrected chi connectivity index (χ1v) is 8.56. The summed E-state index contributed by atoms with van der Waals surface area (Å²) in [5, 5.41) is 7.23. The van der Waals surface area contributed by atoms with Gasteiger partial charge >= 0.3 is 0 Å². The molecule has 0 aliphatic carbocycles. The second-order valence-corrected chi connectivity index (χ2v) is 6.27. The molecule has 0 fully saturated rings. The summed E-state index contributed by atoms with van der Waals surface area (Å²) in [6, 6.07) is 13.4. The van der Waals surface area contributed by atoms with Gasteiger partial charge in [-0.1, -0.05) is 34.1 Å². The number of carbonyl (C=O) groups excluding carboxylic acids is 1. The van der Waals surface area contributed by atoms with Crippen LogP contribution in [-0.4, -0.2) is 22.2 Å². The highest BCUT2D eigenvalue weighted by molar-refractivity contribution is 9.10. The molecular formula is C18H18BrN3O2. The first-order chi connectivity index (χ1) is 11.7. The number of amides is 1. The smallest absolute Gasteiger partial charge is 0.220 e. The van der Waals surface area contributed by atoms with Gasteiger partial charge in [-0.2, -0.15) is 5.10 Å². The van der Waals surface area contributed by atoms with Crippen LogP contribution in [-0.2, 0) is 11.2 Å².